The number of aromatic hydroxyl groups is 1. The number of hydrogen-bond donors (Lipinski definition) is 2. The maximum atomic E-state index is 9.82. The van der Waals surface area contributed by atoms with E-state index in [1.54, 1.807) is 7.11 Å². The van der Waals surface area contributed by atoms with Crippen molar-refractivity contribution in [3.8, 4) is 11.5 Å². The van der Waals surface area contributed by atoms with Gasteiger partial charge in [0.15, 0.2) is 11.5 Å². The fourth-order valence-corrected chi connectivity index (χ4v) is 2.97. The molecule has 0 aliphatic carbocycles. The number of hydrogen-bond acceptors (Lipinski definition) is 3. The highest BCUT2D eigenvalue weighted by Crippen LogP contribution is 2.44. The molecule has 0 aromatic heterocycles. The number of methoxy groups -OCH3 is 1. The van der Waals surface area contributed by atoms with E-state index >= 15 is 0 Å². The van der Waals surface area contributed by atoms with E-state index in [0.29, 0.717) is 16.3 Å². The van der Waals surface area contributed by atoms with Gasteiger partial charge < -0.3 is 15.2 Å². The summed E-state index contributed by atoms with van der Waals surface area (Å²) in [6, 6.07) is 2.22. The Hall–Kier alpha value is 0.0300. The summed E-state index contributed by atoms with van der Waals surface area (Å²) < 4.78 is 6.69. The van der Waals surface area contributed by atoms with Crippen molar-refractivity contribution in [3.63, 3.8) is 0 Å². The number of rotatable bonds is 2. The summed E-state index contributed by atoms with van der Waals surface area (Å²) >= 11 is 6.87. The first-order valence-corrected chi connectivity index (χ1v) is 6.72. The largest absolute Gasteiger partial charge is 0.503 e. The van der Waals surface area contributed by atoms with E-state index in [1.807, 2.05) is 6.07 Å². The molecule has 0 amide bonds. The monoisotopic (exact) mass is 385 g/mol. The zero-order chi connectivity index (χ0) is 11.7. The predicted octanol–water partition coefficient (Wildman–Crippen LogP) is 3.77. The van der Waals surface area contributed by atoms with Crippen LogP contribution in [0.4, 0.5) is 0 Å². The quantitative estimate of drug-likeness (QED) is 0.812. The summed E-state index contributed by atoms with van der Waals surface area (Å²) in [5.74, 6) is 0.634. The molecular weight excluding hydrogens is 373 g/mol. The van der Waals surface area contributed by atoms with Crippen molar-refractivity contribution in [2.45, 2.75) is 18.9 Å². The van der Waals surface area contributed by atoms with Gasteiger partial charge in [0.05, 0.1) is 11.6 Å². The van der Waals surface area contributed by atoms with Gasteiger partial charge in [0.2, 0.25) is 0 Å². The summed E-state index contributed by atoms with van der Waals surface area (Å²) in [5.41, 5.74) is 1.12. The lowest BCUT2D eigenvalue weighted by atomic mass is 10.0. The molecule has 1 heterocycles. The third kappa shape index (κ3) is 2.89. The van der Waals surface area contributed by atoms with Crippen LogP contribution in [0.1, 0.15) is 24.4 Å². The molecule has 0 saturated carbocycles. The van der Waals surface area contributed by atoms with E-state index < -0.39 is 0 Å². The van der Waals surface area contributed by atoms with Gasteiger partial charge in [-0.25, -0.2) is 0 Å². The summed E-state index contributed by atoms with van der Waals surface area (Å²) in [7, 11) is 1.56. The molecule has 1 aliphatic rings. The van der Waals surface area contributed by atoms with E-state index in [2.05, 4.69) is 37.2 Å². The van der Waals surface area contributed by atoms with E-state index in [4.69, 9.17) is 4.74 Å². The Bertz CT molecular complexity index is 409. The SMILES string of the molecule is COc1cc([C@H]2CCCN2)c(Br)c(Br)c1O.Cl. The van der Waals surface area contributed by atoms with Gasteiger partial charge in [-0.15, -0.1) is 12.4 Å². The van der Waals surface area contributed by atoms with Gasteiger partial charge in [-0.3, -0.25) is 0 Å². The lowest BCUT2D eigenvalue weighted by molar-refractivity contribution is 0.370. The molecule has 3 nitrogen and oxygen atoms in total. The van der Waals surface area contributed by atoms with Crippen LogP contribution in [0.5, 0.6) is 11.5 Å². The topological polar surface area (TPSA) is 41.5 Å². The van der Waals surface area contributed by atoms with Crippen molar-refractivity contribution in [2.24, 2.45) is 0 Å². The number of benzene rings is 1. The molecule has 17 heavy (non-hydrogen) atoms. The molecule has 0 radical (unpaired) electrons. The molecule has 6 heteroatoms. The molecule has 0 bridgehead atoms. The zero-order valence-corrected chi connectivity index (χ0v) is 13.3. The molecular formula is C11H14Br2ClNO2. The highest BCUT2D eigenvalue weighted by Gasteiger charge is 2.23. The molecule has 1 fully saturated rings. The molecule has 1 aliphatic heterocycles. The van der Waals surface area contributed by atoms with Gasteiger partial charge in [-0.1, -0.05) is 0 Å². The van der Waals surface area contributed by atoms with Gasteiger partial charge in [0, 0.05) is 10.5 Å². The van der Waals surface area contributed by atoms with Crippen LogP contribution < -0.4 is 10.1 Å². The molecule has 0 spiro atoms. The van der Waals surface area contributed by atoms with Crippen LogP contribution in [-0.2, 0) is 0 Å². The van der Waals surface area contributed by atoms with E-state index in [-0.39, 0.29) is 18.2 Å². The lowest BCUT2D eigenvalue weighted by Gasteiger charge is -2.16. The van der Waals surface area contributed by atoms with Crippen LogP contribution in [0, 0.1) is 0 Å². The lowest BCUT2D eigenvalue weighted by Crippen LogP contribution is -2.13. The summed E-state index contributed by atoms with van der Waals surface area (Å²) in [6.07, 6.45) is 2.29. The predicted molar refractivity (Wildman–Crippen MR) is 77.3 cm³/mol. The number of ether oxygens (including phenoxy) is 1. The standard InChI is InChI=1S/C11H13Br2NO2.ClH/c1-16-8-5-6(7-3-2-4-14-7)9(12)10(13)11(8)15;/h5,7,14-15H,2-4H2,1H3;1H/t7-;/m1./s1. The molecule has 0 unspecified atom stereocenters. The summed E-state index contributed by atoms with van der Waals surface area (Å²) in [4.78, 5) is 0. The van der Waals surface area contributed by atoms with Gasteiger partial charge in [0.25, 0.3) is 0 Å². The maximum Gasteiger partial charge on any atom is 0.173 e. The Kier molecular flexibility index (Phi) is 5.57. The second-order valence-electron chi connectivity index (χ2n) is 3.79. The smallest absolute Gasteiger partial charge is 0.173 e. The second kappa shape index (κ2) is 6.27. The van der Waals surface area contributed by atoms with Crippen molar-refractivity contribution in [1.29, 1.82) is 0 Å². The molecule has 1 aromatic rings. The third-order valence-electron chi connectivity index (χ3n) is 2.83. The van der Waals surface area contributed by atoms with Crippen LogP contribution in [-0.4, -0.2) is 18.8 Å². The first kappa shape index (κ1) is 15.1. The fourth-order valence-electron chi connectivity index (χ4n) is 1.97. The zero-order valence-electron chi connectivity index (χ0n) is 9.30. The fraction of sp³-hybridized carbons (Fsp3) is 0.455. The van der Waals surface area contributed by atoms with E-state index in [1.165, 1.54) is 6.42 Å². The van der Waals surface area contributed by atoms with Crippen molar-refractivity contribution in [1.82, 2.24) is 5.32 Å². The minimum Gasteiger partial charge on any atom is -0.503 e. The number of nitrogens with one attached hydrogen (secondary N) is 1. The summed E-state index contributed by atoms with van der Waals surface area (Å²) in [5, 5.41) is 13.2. The van der Waals surface area contributed by atoms with E-state index in [9.17, 15) is 5.11 Å². The maximum absolute atomic E-state index is 9.82. The molecule has 2 rings (SSSR count). The van der Waals surface area contributed by atoms with E-state index in [0.717, 1.165) is 23.0 Å². The van der Waals surface area contributed by atoms with Crippen LogP contribution in [0.25, 0.3) is 0 Å². The van der Waals surface area contributed by atoms with Gasteiger partial charge in [-0.2, -0.15) is 0 Å². The van der Waals surface area contributed by atoms with Crippen molar-refractivity contribution >= 4 is 44.3 Å². The third-order valence-corrected chi connectivity index (χ3v) is 4.99. The Balaban J connectivity index is 0.00000144. The minimum atomic E-state index is 0. The Labute approximate surface area is 124 Å². The molecule has 2 N–H and O–H groups in total. The first-order valence-electron chi connectivity index (χ1n) is 5.13. The van der Waals surface area contributed by atoms with Crippen molar-refractivity contribution < 1.29 is 9.84 Å². The Morgan fingerprint density at radius 1 is 1.41 bits per heavy atom. The first-order chi connectivity index (χ1) is 7.65. The molecule has 1 aromatic carbocycles. The Morgan fingerprint density at radius 2 is 2.12 bits per heavy atom. The van der Waals surface area contributed by atoms with Crippen LogP contribution in [0.2, 0.25) is 0 Å². The van der Waals surface area contributed by atoms with Gasteiger partial charge >= 0.3 is 0 Å². The van der Waals surface area contributed by atoms with Gasteiger partial charge in [-0.05, 0) is 62.9 Å². The van der Waals surface area contributed by atoms with Crippen molar-refractivity contribution in [2.75, 3.05) is 13.7 Å². The molecule has 96 valence electrons. The van der Waals surface area contributed by atoms with Crippen LogP contribution >= 0.6 is 44.3 Å². The number of phenols is 1. The van der Waals surface area contributed by atoms with Crippen LogP contribution in [0.3, 0.4) is 0 Å². The Morgan fingerprint density at radius 3 is 2.65 bits per heavy atom. The highest BCUT2D eigenvalue weighted by molar-refractivity contribution is 9.13. The van der Waals surface area contributed by atoms with Crippen LogP contribution in [0.15, 0.2) is 15.0 Å². The second-order valence-corrected chi connectivity index (χ2v) is 5.38. The van der Waals surface area contributed by atoms with Gasteiger partial charge in [0.1, 0.15) is 0 Å². The number of halogens is 3. The minimum absolute atomic E-state index is 0. The highest BCUT2D eigenvalue weighted by atomic mass is 79.9. The molecule has 1 atom stereocenters. The van der Waals surface area contributed by atoms with Crippen molar-refractivity contribution in [3.05, 3.63) is 20.6 Å². The average Bonchev–Trinajstić information content (AvgIpc) is 2.80. The number of phenolic OH excluding ortho intramolecular Hbond substituents is 1. The average molecular weight is 387 g/mol. The molecule has 1 saturated heterocycles. The normalized spacial score (nSPS) is 18.9. The summed E-state index contributed by atoms with van der Waals surface area (Å²) in [6.45, 7) is 1.04.